The van der Waals surface area contributed by atoms with Crippen LogP contribution in [0.1, 0.15) is 25.1 Å². The number of rotatable bonds is 9. The van der Waals surface area contributed by atoms with Crippen molar-refractivity contribution in [3.63, 3.8) is 0 Å². The summed E-state index contributed by atoms with van der Waals surface area (Å²) in [5, 5.41) is 18.7. The van der Waals surface area contributed by atoms with Gasteiger partial charge >= 0.3 is 0 Å². The van der Waals surface area contributed by atoms with Crippen LogP contribution in [0.25, 0.3) is 0 Å². The zero-order valence-electron chi connectivity index (χ0n) is 15.7. The highest BCUT2D eigenvalue weighted by molar-refractivity contribution is 7.91. The Labute approximate surface area is 165 Å². The number of hydrogen-bond acceptors (Lipinski definition) is 5. The first kappa shape index (κ1) is 21.4. The van der Waals surface area contributed by atoms with Gasteiger partial charge in [-0.2, -0.15) is 0 Å². The van der Waals surface area contributed by atoms with Gasteiger partial charge in [-0.25, -0.2) is 13.4 Å². The smallest absolute Gasteiger partial charge is 0.191 e. The van der Waals surface area contributed by atoms with Gasteiger partial charge in [0.2, 0.25) is 0 Å². The Hall–Kier alpha value is -1.90. The Morgan fingerprint density at radius 1 is 1.19 bits per heavy atom. The molecular formula is C19H27N3O3S2. The van der Waals surface area contributed by atoms with E-state index in [-0.39, 0.29) is 12.3 Å². The van der Waals surface area contributed by atoms with Gasteiger partial charge in [-0.1, -0.05) is 24.3 Å². The minimum atomic E-state index is -3.27. The van der Waals surface area contributed by atoms with Crippen molar-refractivity contribution in [2.24, 2.45) is 4.99 Å². The molecule has 2 rings (SSSR count). The molecule has 0 saturated carbocycles. The molecule has 1 unspecified atom stereocenters. The van der Waals surface area contributed by atoms with Gasteiger partial charge in [-0.15, -0.1) is 11.3 Å². The average Bonchev–Trinajstić information content (AvgIpc) is 3.20. The number of aliphatic imine (C=N–C) groups is 1. The van der Waals surface area contributed by atoms with Crippen LogP contribution in [0, 0.1) is 0 Å². The first-order chi connectivity index (χ1) is 12.8. The van der Waals surface area contributed by atoms with Crippen LogP contribution >= 0.6 is 11.3 Å². The van der Waals surface area contributed by atoms with Crippen molar-refractivity contribution >= 4 is 27.1 Å². The number of thiophene rings is 1. The Morgan fingerprint density at radius 3 is 2.56 bits per heavy atom. The lowest BCUT2D eigenvalue weighted by molar-refractivity contribution is 0.0711. The van der Waals surface area contributed by atoms with Gasteiger partial charge in [0.1, 0.15) is 5.60 Å². The van der Waals surface area contributed by atoms with Gasteiger partial charge < -0.3 is 15.7 Å². The van der Waals surface area contributed by atoms with E-state index in [4.69, 9.17) is 0 Å². The third-order valence-corrected chi connectivity index (χ3v) is 6.87. The van der Waals surface area contributed by atoms with Crippen LogP contribution in [-0.4, -0.2) is 44.9 Å². The summed E-state index contributed by atoms with van der Waals surface area (Å²) in [7, 11) is -3.27. The van der Waals surface area contributed by atoms with Gasteiger partial charge in [0.05, 0.1) is 17.2 Å². The normalized spacial score (nSPS) is 14.6. The maximum atomic E-state index is 12.3. The lowest BCUT2D eigenvalue weighted by atomic mass is 10.1. The second-order valence-corrected chi connectivity index (χ2v) is 9.42. The van der Waals surface area contributed by atoms with E-state index in [9.17, 15) is 13.5 Å². The fourth-order valence-electron chi connectivity index (χ4n) is 2.45. The molecule has 0 spiro atoms. The molecule has 1 heterocycles. The molecule has 1 aromatic carbocycles. The molecule has 148 valence electrons. The largest absolute Gasteiger partial charge is 0.383 e. The van der Waals surface area contributed by atoms with Crippen LogP contribution in [0.4, 0.5) is 0 Å². The number of aliphatic hydroxyl groups is 1. The molecule has 2 aromatic rings. The highest BCUT2D eigenvalue weighted by Crippen LogP contribution is 2.25. The molecule has 0 saturated heterocycles. The van der Waals surface area contributed by atoms with Crippen LogP contribution in [0.3, 0.4) is 0 Å². The summed E-state index contributed by atoms with van der Waals surface area (Å²) < 4.78 is 24.6. The van der Waals surface area contributed by atoms with Crippen LogP contribution in [0.2, 0.25) is 0 Å². The number of hydrogen-bond donors (Lipinski definition) is 3. The monoisotopic (exact) mass is 409 g/mol. The molecule has 0 radical (unpaired) electrons. The van der Waals surface area contributed by atoms with Crippen molar-refractivity contribution in [3.8, 4) is 0 Å². The number of guanidine groups is 1. The van der Waals surface area contributed by atoms with Gasteiger partial charge in [0.25, 0.3) is 0 Å². The molecule has 3 N–H and O–H groups in total. The maximum absolute atomic E-state index is 12.3. The topological polar surface area (TPSA) is 90.8 Å². The molecule has 1 atom stereocenters. The Balaban J connectivity index is 1.87. The first-order valence-corrected chi connectivity index (χ1v) is 11.4. The average molecular weight is 410 g/mol. The minimum absolute atomic E-state index is 0.0658. The van der Waals surface area contributed by atoms with Crippen molar-refractivity contribution in [1.29, 1.82) is 0 Å². The molecule has 0 bridgehead atoms. The van der Waals surface area contributed by atoms with Crippen molar-refractivity contribution in [1.82, 2.24) is 10.6 Å². The van der Waals surface area contributed by atoms with Gasteiger partial charge in [0.15, 0.2) is 15.8 Å². The molecule has 1 aromatic heterocycles. The Kier molecular flexibility index (Phi) is 7.82. The minimum Gasteiger partial charge on any atom is -0.383 e. The molecule has 8 heteroatoms. The van der Waals surface area contributed by atoms with Crippen LogP contribution in [0.5, 0.6) is 0 Å². The predicted molar refractivity (Wildman–Crippen MR) is 111 cm³/mol. The Bertz CT molecular complexity index is 817. The highest BCUT2D eigenvalue weighted by Gasteiger charge is 2.24. The van der Waals surface area contributed by atoms with E-state index < -0.39 is 15.4 Å². The third-order valence-electron chi connectivity index (χ3n) is 3.93. The lowest BCUT2D eigenvalue weighted by Crippen LogP contribution is -2.39. The van der Waals surface area contributed by atoms with Crippen molar-refractivity contribution in [3.05, 3.63) is 52.7 Å². The molecule has 0 aliphatic heterocycles. The molecule has 0 aliphatic rings. The summed E-state index contributed by atoms with van der Waals surface area (Å²) in [5.41, 5.74) is -1.03. The third kappa shape index (κ3) is 6.64. The number of benzene rings is 1. The lowest BCUT2D eigenvalue weighted by Gasteiger charge is -2.20. The summed E-state index contributed by atoms with van der Waals surface area (Å²) in [5.74, 6) is 0.627. The van der Waals surface area contributed by atoms with E-state index in [1.165, 1.54) is 11.3 Å². The SMILES string of the molecule is CCNC(=NCC(C)(O)c1cccs1)NCCCS(=O)(=O)c1ccccc1. The van der Waals surface area contributed by atoms with E-state index in [0.29, 0.717) is 30.4 Å². The second kappa shape index (κ2) is 9.87. The zero-order chi connectivity index (χ0) is 19.8. The number of nitrogens with zero attached hydrogens (tertiary/aromatic N) is 1. The van der Waals surface area contributed by atoms with E-state index in [1.807, 2.05) is 24.4 Å². The highest BCUT2D eigenvalue weighted by atomic mass is 32.2. The fraction of sp³-hybridized carbons (Fsp3) is 0.421. The van der Waals surface area contributed by atoms with Crippen LogP contribution < -0.4 is 10.6 Å². The van der Waals surface area contributed by atoms with E-state index in [0.717, 1.165) is 4.88 Å². The first-order valence-electron chi connectivity index (χ1n) is 8.91. The van der Waals surface area contributed by atoms with Crippen molar-refractivity contribution in [2.75, 3.05) is 25.4 Å². The Morgan fingerprint density at radius 2 is 1.93 bits per heavy atom. The number of sulfone groups is 1. The molecule has 0 amide bonds. The molecular weight excluding hydrogens is 382 g/mol. The molecule has 0 aliphatic carbocycles. The van der Waals surface area contributed by atoms with E-state index in [1.54, 1.807) is 37.3 Å². The molecule has 27 heavy (non-hydrogen) atoms. The summed E-state index contributed by atoms with van der Waals surface area (Å²) in [6.07, 6.45) is 0.461. The summed E-state index contributed by atoms with van der Waals surface area (Å²) in [6.45, 7) is 5.05. The summed E-state index contributed by atoms with van der Waals surface area (Å²) in [4.78, 5) is 5.64. The van der Waals surface area contributed by atoms with Crippen molar-refractivity contribution < 1.29 is 13.5 Å². The van der Waals surface area contributed by atoms with E-state index in [2.05, 4.69) is 15.6 Å². The quantitative estimate of drug-likeness (QED) is 0.336. The van der Waals surface area contributed by atoms with E-state index >= 15 is 0 Å². The summed E-state index contributed by atoms with van der Waals surface area (Å²) >= 11 is 1.49. The second-order valence-electron chi connectivity index (χ2n) is 6.36. The van der Waals surface area contributed by atoms with Crippen LogP contribution in [-0.2, 0) is 15.4 Å². The van der Waals surface area contributed by atoms with Crippen LogP contribution in [0.15, 0.2) is 57.7 Å². The predicted octanol–water partition coefficient (Wildman–Crippen LogP) is 2.37. The number of nitrogens with one attached hydrogen (secondary N) is 2. The van der Waals surface area contributed by atoms with Crippen molar-refractivity contribution in [2.45, 2.75) is 30.8 Å². The summed E-state index contributed by atoms with van der Waals surface area (Å²) in [6, 6.07) is 12.2. The fourth-order valence-corrected chi connectivity index (χ4v) is 4.56. The zero-order valence-corrected chi connectivity index (χ0v) is 17.3. The van der Waals surface area contributed by atoms with Gasteiger partial charge in [-0.05, 0) is 43.8 Å². The maximum Gasteiger partial charge on any atom is 0.191 e. The standard InChI is InChI=1S/C19H27N3O3S2/c1-3-20-18(22-15-19(2,23)17-11-7-13-26-17)21-12-8-14-27(24,25)16-9-5-4-6-10-16/h4-7,9-11,13,23H,3,8,12,14-15H2,1-2H3,(H2,20,21,22). The van der Waals surface area contributed by atoms with Gasteiger partial charge in [-0.3, -0.25) is 0 Å². The van der Waals surface area contributed by atoms with Gasteiger partial charge in [0, 0.05) is 18.0 Å². The molecule has 6 nitrogen and oxygen atoms in total. The molecule has 0 fully saturated rings.